The molecule has 1 aromatic rings. The SMILES string of the molecule is Cc1nc(CCNCCCN2CCCC2)cs1. The molecule has 0 atom stereocenters. The Labute approximate surface area is 108 Å². The summed E-state index contributed by atoms with van der Waals surface area (Å²) in [5.74, 6) is 0. The summed E-state index contributed by atoms with van der Waals surface area (Å²) in [5.41, 5.74) is 1.24. The van der Waals surface area contributed by atoms with E-state index in [1.807, 2.05) is 0 Å². The molecule has 0 aliphatic carbocycles. The van der Waals surface area contributed by atoms with Crippen LogP contribution in [0, 0.1) is 6.92 Å². The normalized spacial score (nSPS) is 16.8. The van der Waals surface area contributed by atoms with Crippen LogP contribution in [0.15, 0.2) is 5.38 Å². The minimum atomic E-state index is 1.06. The number of thiazole rings is 1. The van der Waals surface area contributed by atoms with Crippen LogP contribution in [0.5, 0.6) is 0 Å². The Balaban J connectivity index is 1.46. The molecule has 1 fully saturated rings. The smallest absolute Gasteiger partial charge is 0.0897 e. The zero-order valence-electron chi connectivity index (χ0n) is 10.7. The van der Waals surface area contributed by atoms with Crippen molar-refractivity contribution in [2.24, 2.45) is 0 Å². The third-order valence-electron chi connectivity index (χ3n) is 3.25. The summed E-state index contributed by atoms with van der Waals surface area (Å²) in [5, 5.41) is 6.85. The molecule has 0 unspecified atom stereocenters. The van der Waals surface area contributed by atoms with Gasteiger partial charge >= 0.3 is 0 Å². The molecule has 1 aromatic heterocycles. The van der Waals surface area contributed by atoms with E-state index in [-0.39, 0.29) is 0 Å². The van der Waals surface area contributed by atoms with Gasteiger partial charge in [0.25, 0.3) is 0 Å². The van der Waals surface area contributed by atoms with Crippen molar-refractivity contribution in [3.8, 4) is 0 Å². The minimum absolute atomic E-state index is 1.06. The van der Waals surface area contributed by atoms with Crippen molar-refractivity contribution in [1.82, 2.24) is 15.2 Å². The van der Waals surface area contributed by atoms with Gasteiger partial charge < -0.3 is 10.2 Å². The van der Waals surface area contributed by atoms with Gasteiger partial charge in [-0.1, -0.05) is 0 Å². The maximum atomic E-state index is 4.46. The summed E-state index contributed by atoms with van der Waals surface area (Å²) in [6, 6.07) is 0. The van der Waals surface area contributed by atoms with E-state index < -0.39 is 0 Å². The van der Waals surface area contributed by atoms with Crippen molar-refractivity contribution < 1.29 is 0 Å². The zero-order chi connectivity index (χ0) is 11.9. The second kappa shape index (κ2) is 7.09. The summed E-state index contributed by atoms with van der Waals surface area (Å²) in [6.07, 6.45) is 5.14. The number of nitrogens with one attached hydrogen (secondary N) is 1. The average molecular weight is 253 g/mol. The highest BCUT2D eigenvalue weighted by atomic mass is 32.1. The molecule has 0 amide bonds. The molecule has 1 aliphatic rings. The van der Waals surface area contributed by atoms with E-state index in [2.05, 4.69) is 27.5 Å². The fourth-order valence-electron chi connectivity index (χ4n) is 2.30. The number of hydrogen-bond donors (Lipinski definition) is 1. The van der Waals surface area contributed by atoms with Gasteiger partial charge in [0, 0.05) is 18.3 Å². The quantitative estimate of drug-likeness (QED) is 0.754. The Morgan fingerprint density at radius 2 is 2.18 bits per heavy atom. The van der Waals surface area contributed by atoms with Crippen molar-refractivity contribution in [3.05, 3.63) is 16.1 Å². The second-order valence-corrected chi connectivity index (χ2v) is 5.82. The number of aryl methyl sites for hydroxylation is 1. The van der Waals surface area contributed by atoms with E-state index in [9.17, 15) is 0 Å². The maximum absolute atomic E-state index is 4.46. The Bertz CT molecular complexity index is 318. The Hall–Kier alpha value is -0.450. The van der Waals surface area contributed by atoms with E-state index >= 15 is 0 Å². The fourth-order valence-corrected chi connectivity index (χ4v) is 2.95. The molecule has 1 N–H and O–H groups in total. The summed E-state index contributed by atoms with van der Waals surface area (Å²) in [6.45, 7) is 8.17. The zero-order valence-corrected chi connectivity index (χ0v) is 11.6. The first kappa shape index (κ1) is 13.0. The summed E-state index contributed by atoms with van der Waals surface area (Å²) in [7, 11) is 0. The van der Waals surface area contributed by atoms with Crippen molar-refractivity contribution in [3.63, 3.8) is 0 Å². The van der Waals surface area contributed by atoms with Crippen LogP contribution in [0.25, 0.3) is 0 Å². The van der Waals surface area contributed by atoms with E-state index in [0.29, 0.717) is 0 Å². The Morgan fingerprint density at radius 1 is 1.35 bits per heavy atom. The lowest BCUT2D eigenvalue weighted by Gasteiger charge is -2.14. The third-order valence-corrected chi connectivity index (χ3v) is 4.07. The van der Waals surface area contributed by atoms with E-state index in [4.69, 9.17) is 0 Å². The lowest BCUT2D eigenvalue weighted by molar-refractivity contribution is 0.331. The topological polar surface area (TPSA) is 28.2 Å². The molecule has 4 heteroatoms. The van der Waals surface area contributed by atoms with Crippen molar-refractivity contribution >= 4 is 11.3 Å². The molecule has 1 aliphatic heterocycles. The van der Waals surface area contributed by atoms with Gasteiger partial charge in [-0.05, 0) is 52.4 Å². The van der Waals surface area contributed by atoms with Crippen molar-refractivity contribution in [2.45, 2.75) is 32.6 Å². The number of rotatable bonds is 7. The third kappa shape index (κ3) is 4.74. The van der Waals surface area contributed by atoms with E-state index in [1.54, 1.807) is 11.3 Å². The molecule has 17 heavy (non-hydrogen) atoms. The van der Waals surface area contributed by atoms with Crippen molar-refractivity contribution in [2.75, 3.05) is 32.7 Å². The van der Waals surface area contributed by atoms with Gasteiger partial charge in [0.2, 0.25) is 0 Å². The van der Waals surface area contributed by atoms with Gasteiger partial charge in [0.1, 0.15) is 0 Å². The van der Waals surface area contributed by atoms with Crippen LogP contribution in [0.3, 0.4) is 0 Å². The molecule has 3 nitrogen and oxygen atoms in total. The minimum Gasteiger partial charge on any atom is -0.316 e. The second-order valence-electron chi connectivity index (χ2n) is 4.76. The van der Waals surface area contributed by atoms with Crippen LogP contribution in [0.2, 0.25) is 0 Å². The molecule has 0 saturated carbocycles. The van der Waals surface area contributed by atoms with Gasteiger partial charge in [0.15, 0.2) is 0 Å². The van der Waals surface area contributed by atoms with Crippen molar-refractivity contribution in [1.29, 1.82) is 0 Å². The lowest BCUT2D eigenvalue weighted by atomic mass is 10.3. The van der Waals surface area contributed by atoms with E-state index in [0.717, 1.165) is 19.5 Å². The average Bonchev–Trinajstić information content (AvgIpc) is 2.95. The maximum Gasteiger partial charge on any atom is 0.0897 e. The highest BCUT2D eigenvalue weighted by Gasteiger charge is 2.09. The van der Waals surface area contributed by atoms with Crippen LogP contribution in [-0.2, 0) is 6.42 Å². The monoisotopic (exact) mass is 253 g/mol. The molecule has 0 radical (unpaired) electrons. The Kier molecular flexibility index (Phi) is 5.42. The van der Waals surface area contributed by atoms with Gasteiger partial charge in [0.05, 0.1) is 10.7 Å². The van der Waals surface area contributed by atoms with Gasteiger partial charge in [-0.3, -0.25) is 0 Å². The van der Waals surface area contributed by atoms with Crippen LogP contribution in [-0.4, -0.2) is 42.6 Å². The lowest BCUT2D eigenvalue weighted by Crippen LogP contribution is -2.25. The summed E-state index contributed by atoms with van der Waals surface area (Å²) >= 11 is 1.74. The molecular weight excluding hydrogens is 230 g/mol. The largest absolute Gasteiger partial charge is 0.316 e. The predicted octanol–water partition coefficient (Wildman–Crippen LogP) is 2.07. The first-order valence-corrected chi connectivity index (χ1v) is 7.56. The number of aromatic nitrogens is 1. The number of nitrogens with zero attached hydrogens (tertiary/aromatic N) is 2. The molecular formula is C13H23N3S. The van der Waals surface area contributed by atoms with Crippen LogP contribution < -0.4 is 5.32 Å². The first-order chi connectivity index (χ1) is 8.34. The highest BCUT2D eigenvalue weighted by Crippen LogP contribution is 2.08. The van der Waals surface area contributed by atoms with Crippen LogP contribution >= 0.6 is 11.3 Å². The molecule has 2 heterocycles. The van der Waals surface area contributed by atoms with Crippen LogP contribution in [0.4, 0.5) is 0 Å². The molecule has 1 saturated heterocycles. The molecule has 0 bridgehead atoms. The predicted molar refractivity (Wildman–Crippen MR) is 73.7 cm³/mol. The summed E-state index contributed by atoms with van der Waals surface area (Å²) < 4.78 is 0. The van der Waals surface area contributed by atoms with Gasteiger partial charge in [-0.2, -0.15) is 0 Å². The molecule has 0 spiro atoms. The van der Waals surface area contributed by atoms with Crippen LogP contribution in [0.1, 0.15) is 30.0 Å². The standard InChI is InChI=1S/C13H23N3S/c1-12-15-13(11-17-12)5-7-14-6-4-10-16-8-2-3-9-16/h11,14H,2-10H2,1H3. The molecule has 0 aromatic carbocycles. The number of hydrogen-bond acceptors (Lipinski definition) is 4. The summed E-state index contributed by atoms with van der Waals surface area (Å²) in [4.78, 5) is 7.04. The number of likely N-dealkylation sites (tertiary alicyclic amines) is 1. The Morgan fingerprint density at radius 3 is 2.88 bits per heavy atom. The highest BCUT2D eigenvalue weighted by molar-refractivity contribution is 7.09. The molecule has 2 rings (SSSR count). The molecule has 96 valence electrons. The fraction of sp³-hybridized carbons (Fsp3) is 0.769. The first-order valence-electron chi connectivity index (χ1n) is 6.69. The van der Waals surface area contributed by atoms with Gasteiger partial charge in [-0.25, -0.2) is 4.98 Å². The van der Waals surface area contributed by atoms with Gasteiger partial charge in [-0.15, -0.1) is 11.3 Å². The van der Waals surface area contributed by atoms with E-state index in [1.165, 1.54) is 49.6 Å².